The molecule has 1 nitrogen and oxygen atoms in total. The zero-order valence-corrected chi connectivity index (χ0v) is 6.90. The van der Waals surface area contributed by atoms with E-state index in [1.165, 1.54) is 38.5 Å². The average molecular weight is 140 g/mol. The van der Waals surface area contributed by atoms with Crippen molar-refractivity contribution in [2.75, 3.05) is 0 Å². The van der Waals surface area contributed by atoms with Gasteiger partial charge in [0.1, 0.15) is 0 Å². The van der Waals surface area contributed by atoms with Crippen LogP contribution < -0.4 is 5.32 Å². The van der Waals surface area contributed by atoms with Crippen LogP contribution in [0.4, 0.5) is 0 Å². The molecule has 0 heterocycles. The van der Waals surface area contributed by atoms with Crippen LogP contribution in [0.1, 0.15) is 45.4 Å². The summed E-state index contributed by atoms with van der Waals surface area (Å²) in [6.45, 7) is 4.49. The first-order chi connectivity index (χ1) is 4.93. The highest BCUT2D eigenvalue weighted by Gasteiger charge is 2.19. The summed E-state index contributed by atoms with van der Waals surface area (Å²) in [5.74, 6) is 0. The van der Waals surface area contributed by atoms with E-state index in [-0.39, 0.29) is 0 Å². The Hall–Kier alpha value is -0.0400. The van der Waals surface area contributed by atoms with Gasteiger partial charge in [-0.2, -0.15) is 0 Å². The van der Waals surface area contributed by atoms with Gasteiger partial charge in [-0.1, -0.05) is 26.2 Å². The van der Waals surface area contributed by atoms with E-state index >= 15 is 0 Å². The Kier molecular flexibility index (Phi) is 3.81. The standard InChI is InChI=1S/C9H18N/c1-2-3-4-5-8-10-9-6-7-9/h8-10H,2-7H2,1H3. The summed E-state index contributed by atoms with van der Waals surface area (Å²) in [6.07, 6.45) is 8.11. The lowest BCUT2D eigenvalue weighted by Crippen LogP contribution is -2.11. The van der Waals surface area contributed by atoms with Crippen molar-refractivity contribution in [2.45, 2.75) is 51.5 Å². The molecule has 1 heteroatoms. The van der Waals surface area contributed by atoms with Crippen LogP contribution in [-0.4, -0.2) is 6.04 Å². The molecule has 0 amide bonds. The third kappa shape index (κ3) is 3.89. The molecule has 0 saturated heterocycles. The van der Waals surface area contributed by atoms with Crippen LogP contribution in [0.3, 0.4) is 0 Å². The Labute approximate surface area is 64.2 Å². The van der Waals surface area contributed by atoms with E-state index in [1.54, 1.807) is 0 Å². The molecule has 1 aliphatic rings. The topological polar surface area (TPSA) is 12.0 Å². The van der Waals surface area contributed by atoms with Crippen molar-refractivity contribution in [3.8, 4) is 0 Å². The maximum absolute atomic E-state index is 3.39. The summed E-state index contributed by atoms with van der Waals surface area (Å²) >= 11 is 0. The molecule has 1 rings (SSSR count). The smallest absolute Gasteiger partial charge is 0.0223 e. The Bertz CT molecular complexity index is 76.8. The van der Waals surface area contributed by atoms with Crippen LogP contribution in [0, 0.1) is 6.54 Å². The minimum atomic E-state index is 0.849. The van der Waals surface area contributed by atoms with Gasteiger partial charge in [0, 0.05) is 12.6 Å². The van der Waals surface area contributed by atoms with Crippen molar-refractivity contribution in [3.63, 3.8) is 0 Å². The van der Waals surface area contributed by atoms with E-state index in [4.69, 9.17) is 0 Å². The van der Waals surface area contributed by atoms with Crippen LogP contribution in [-0.2, 0) is 0 Å². The lowest BCUT2D eigenvalue weighted by atomic mass is 10.2. The fraction of sp³-hybridized carbons (Fsp3) is 0.889. The number of nitrogens with one attached hydrogen (secondary N) is 1. The van der Waals surface area contributed by atoms with Crippen molar-refractivity contribution in [1.82, 2.24) is 5.32 Å². The molecule has 0 aromatic carbocycles. The third-order valence-electron chi connectivity index (χ3n) is 1.88. The van der Waals surface area contributed by atoms with E-state index in [1.807, 2.05) is 0 Å². The predicted octanol–water partition coefficient (Wildman–Crippen LogP) is 2.48. The van der Waals surface area contributed by atoms with Gasteiger partial charge in [0.2, 0.25) is 0 Å². The van der Waals surface area contributed by atoms with Gasteiger partial charge in [-0.15, -0.1) is 0 Å². The average Bonchev–Trinajstić information content (AvgIpc) is 2.71. The molecule has 0 atom stereocenters. The summed E-state index contributed by atoms with van der Waals surface area (Å²) in [7, 11) is 0. The molecule has 0 unspecified atom stereocenters. The van der Waals surface area contributed by atoms with E-state index in [2.05, 4.69) is 18.8 Å². The zero-order chi connectivity index (χ0) is 7.23. The lowest BCUT2D eigenvalue weighted by Gasteiger charge is -1.99. The second-order valence-corrected chi connectivity index (χ2v) is 3.14. The van der Waals surface area contributed by atoms with Gasteiger partial charge in [0.05, 0.1) is 0 Å². The van der Waals surface area contributed by atoms with Gasteiger partial charge < -0.3 is 5.32 Å². The summed E-state index contributed by atoms with van der Waals surface area (Å²) in [4.78, 5) is 0. The monoisotopic (exact) mass is 140 g/mol. The number of unbranched alkanes of at least 4 members (excludes halogenated alkanes) is 3. The second-order valence-electron chi connectivity index (χ2n) is 3.14. The summed E-state index contributed by atoms with van der Waals surface area (Å²) in [5, 5.41) is 3.39. The van der Waals surface area contributed by atoms with E-state index in [0.717, 1.165) is 6.04 Å². The summed E-state index contributed by atoms with van der Waals surface area (Å²) < 4.78 is 0. The van der Waals surface area contributed by atoms with Crippen LogP contribution in [0.5, 0.6) is 0 Å². The van der Waals surface area contributed by atoms with Gasteiger partial charge in [0.15, 0.2) is 0 Å². The molecule has 1 aliphatic carbocycles. The SMILES string of the molecule is CCCCC[CH]NC1CC1. The van der Waals surface area contributed by atoms with Crippen molar-refractivity contribution >= 4 is 0 Å². The minimum Gasteiger partial charge on any atom is -0.310 e. The molecule has 10 heavy (non-hydrogen) atoms. The van der Waals surface area contributed by atoms with Crippen LogP contribution in [0.2, 0.25) is 0 Å². The molecule has 59 valence electrons. The molecule has 1 fully saturated rings. The van der Waals surface area contributed by atoms with Gasteiger partial charge in [-0.25, -0.2) is 0 Å². The quantitative estimate of drug-likeness (QED) is 0.559. The Morgan fingerprint density at radius 2 is 2.20 bits per heavy atom. The first kappa shape index (κ1) is 8.06. The first-order valence-corrected chi connectivity index (χ1v) is 4.51. The van der Waals surface area contributed by atoms with E-state index < -0.39 is 0 Å². The Morgan fingerprint density at radius 3 is 2.80 bits per heavy atom. The minimum absolute atomic E-state index is 0.849. The van der Waals surface area contributed by atoms with Crippen molar-refractivity contribution in [2.24, 2.45) is 0 Å². The fourth-order valence-corrected chi connectivity index (χ4v) is 0.996. The molecule has 0 spiro atoms. The number of hydrogen-bond donors (Lipinski definition) is 1. The number of hydrogen-bond acceptors (Lipinski definition) is 1. The Balaban J connectivity index is 1.68. The van der Waals surface area contributed by atoms with Gasteiger partial charge in [-0.3, -0.25) is 0 Å². The van der Waals surface area contributed by atoms with Crippen LogP contribution >= 0.6 is 0 Å². The molecule has 0 aliphatic heterocycles. The van der Waals surface area contributed by atoms with Crippen molar-refractivity contribution in [3.05, 3.63) is 6.54 Å². The normalized spacial score (nSPS) is 17.7. The van der Waals surface area contributed by atoms with Crippen molar-refractivity contribution < 1.29 is 0 Å². The first-order valence-electron chi connectivity index (χ1n) is 4.51. The zero-order valence-electron chi connectivity index (χ0n) is 6.90. The van der Waals surface area contributed by atoms with Gasteiger partial charge in [-0.05, 0) is 19.3 Å². The maximum Gasteiger partial charge on any atom is 0.0223 e. The summed E-state index contributed by atoms with van der Waals surface area (Å²) in [5.41, 5.74) is 0. The van der Waals surface area contributed by atoms with E-state index in [9.17, 15) is 0 Å². The molecular formula is C9H18N. The molecule has 0 bridgehead atoms. The molecule has 1 radical (unpaired) electrons. The van der Waals surface area contributed by atoms with Gasteiger partial charge in [0.25, 0.3) is 0 Å². The molecule has 1 N–H and O–H groups in total. The van der Waals surface area contributed by atoms with Crippen molar-refractivity contribution in [1.29, 1.82) is 0 Å². The fourth-order valence-electron chi connectivity index (χ4n) is 0.996. The molecule has 0 aromatic rings. The molecule has 0 aromatic heterocycles. The van der Waals surface area contributed by atoms with Crippen LogP contribution in [0.15, 0.2) is 0 Å². The number of rotatable bonds is 6. The molecular weight excluding hydrogens is 122 g/mol. The summed E-state index contributed by atoms with van der Waals surface area (Å²) in [6, 6.07) is 0.849. The highest BCUT2D eigenvalue weighted by molar-refractivity contribution is 4.83. The largest absolute Gasteiger partial charge is 0.310 e. The lowest BCUT2D eigenvalue weighted by molar-refractivity contribution is 0.658. The highest BCUT2D eigenvalue weighted by atomic mass is 14.9. The predicted molar refractivity (Wildman–Crippen MR) is 44.6 cm³/mol. The van der Waals surface area contributed by atoms with E-state index in [0.29, 0.717) is 0 Å². The third-order valence-corrected chi connectivity index (χ3v) is 1.88. The Morgan fingerprint density at radius 1 is 1.40 bits per heavy atom. The van der Waals surface area contributed by atoms with Gasteiger partial charge >= 0.3 is 0 Å². The second kappa shape index (κ2) is 4.73. The molecule has 1 saturated carbocycles. The van der Waals surface area contributed by atoms with Crippen LogP contribution in [0.25, 0.3) is 0 Å². The highest BCUT2D eigenvalue weighted by Crippen LogP contribution is 2.19. The maximum atomic E-state index is 3.39.